The van der Waals surface area contributed by atoms with Gasteiger partial charge in [-0.2, -0.15) is 0 Å². The fraction of sp³-hybridized carbons (Fsp3) is 0.292. The van der Waals surface area contributed by atoms with Gasteiger partial charge in [-0.3, -0.25) is 14.8 Å². The summed E-state index contributed by atoms with van der Waals surface area (Å²) in [6.07, 6.45) is 4.78. The first-order valence-electron chi connectivity index (χ1n) is 10.3. The number of ether oxygens (including phenoxy) is 2. The summed E-state index contributed by atoms with van der Waals surface area (Å²) in [7, 11) is 3.11. The van der Waals surface area contributed by atoms with Crippen LogP contribution >= 0.6 is 11.8 Å². The van der Waals surface area contributed by atoms with E-state index in [1.807, 2.05) is 50.4 Å². The molecule has 0 saturated carbocycles. The van der Waals surface area contributed by atoms with E-state index in [0.717, 1.165) is 23.6 Å². The van der Waals surface area contributed by atoms with Crippen molar-refractivity contribution in [2.75, 3.05) is 26.1 Å². The third-order valence-electron chi connectivity index (χ3n) is 4.75. The molecule has 7 heteroatoms. The molecule has 2 heterocycles. The molecule has 1 unspecified atom stereocenters. The van der Waals surface area contributed by atoms with Gasteiger partial charge in [-0.15, -0.1) is 0 Å². The van der Waals surface area contributed by atoms with Crippen LogP contribution in [0.5, 0.6) is 11.5 Å². The number of rotatable bonds is 5. The van der Waals surface area contributed by atoms with E-state index < -0.39 is 0 Å². The van der Waals surface area contributed by atoms with E-state index in [1.54, 1.807) is 37.1 Å². The van der Waals surface area contributed by atoms with Crippen LogP contribution in [0.3, 0.4) is 0 Å². The number of hydrogen-bond donors (Lipinski definition) is 1. The Labute approximate surface area is 187 Å². The van der Waals surface area contributed by atoms with Crippen LogP contribution in [0.4, 0.5) is 5.69 Å². The van der Waals surface area contributed by atoms with Gasteiger partial charge in [0.25, 0.3) is 5.91 Å². The number of carbonyl (C=O) groups excluding carboxylic acids is 1. The second-order valence-electron chi connectivity index (χ2n) is 6.53. The number of anilines is 1. The van der Waals surface area contributed by atoms with Gasteiger partial charge >= 0.3 is 0 Å². The van der Waals surface area contributed by atoms with Gasteiger partial charge in [0.05, 0.1) is 31.5 Å². The summed E-state index contributed by atoms with van der Waals surface area (Å²) in [5.41, 5.74) is 2.06. The van der Waals surface area contributed by atoms with Gasteiger partial charge in [0, 0.05) is 29.3 Å². The van der Waals surface area contributed by atoms with Crippen molar-refractivity contribution in [1.82, 2.24) is 0 Å². The largest absolute Gasteiger partial charge is 0.497 e. The second-order valence-corrected chi connectivity index (χ2v) is 7.59. The number of nitrogens with zero attached hydrogens (tertiary/aromatic N) is 2. The van der Waals surface area contributed by atoms with Gasteiger partial charge in [-0.25, -0.2) is 0 Å². The molecular formula is C24H27N3O3S. The molecule has 1 atom stereocenters. The molecule has 1 amide bonds. The van der Waals surface area contributed by atoms with E-state index in [4.69, 9.17) is 14.5 Å². The number of aliphatic imine (C=N–C) groups is 2. The zero-order chi connectivity index (χ0) is 22.2. The average molecular weight is 438 g/mol. The number of fused-ring (bicyclic) bond motifs is 1. The first-order chi connectivity index (χ1) is 15.2. The lowest BCUT2D eigenvalue weighted by molar-refractivity contribution is 0.102. The van der Waals surface area contributed by atoms with Crippen LogP contribution in [0.2, 0.25) is 0 Å². The minimum absolute atomic E-state index is 0.142. The quantitative estimate of drug-likeness (QED) is 0.698. The fourth-order valence-corrected chi connectivity index (χ4v) is 4.37. The average Bonchev–Trinajstić information content (AvgIpc) is 3.10. The molecule has 1 N–H and O–H groups in total. The third-order valence-corrected chi connectivity index (χ3v) is 5.91. The molecule has 2 aromatic rings. The van der Waals surface area contributed by atoms with E-state index in [9.17, 15) is 4.79 Å². The number of thioether (sulfide) groups is 1. The third kappa shape index (κ3) is 5.17. The number of carbonyl (C=O) groups is 1. The monoisotopic (exact) mass is 437 g/mol. The van der Waals surface area contributed by atoms with E-state index in [1.165, 1.54) is 12.0 Å². The molecule has 0 bridgehead atoms. The summed E-state index contributed by atoms with van der Waals surface area (Å²) in [4.78, 5) is 23.3. The standard InChI is InChI=1S/C22H21N3O3S.C2H6/c1-27-14-7-8-16(19(13-14)28-2)21(26)24-17-6-4-3-5-15(17)22-25-18-9-11-23-12-10-20(18)29-22;1-2/h3-8,10,12-13,18H,9,11H2,1-2H3,(H,24,26);1-2H3. The SMILES string of the molecule is CC.COc1ccc(C(=O)Nc2ccccc2C2=NC3CCN=CC=C3S2)c(OC)c1. The van der Waals surface area contributed by atoms with Crippen LogP contribution in [0.25, 0.3) is 0 Å². The molecule has 0 saturated heterocycles. The number of methoxy groups -OCH3 is 2. The van der Waals surface area contributed by atoms with Gasteiger partial charge < -0.3 is 14.8 Å². The maximum atomic E-state index is 12.9. The Morgan fingerprint density at radius 3 is 2.71 bits per heavy atom. The summed E-state index contributed by atoms with van der Waals surface area (Å²) in [6.45, 7) is 4.78. The molecule has 0 radical (unpaired) electrons. The molecular weight excluding hydrogens is 410 g/mol. The maximum Gasteiger partial charge on any atom is 0.259 e. The van der Waals surface area contributed by atoms with Crippen molar-refractivity contribution in [2.45, 2.75) is 26.3 Å². The number of para-hydroxylation sites is 1. The highest BCUT2D eigenvalue weighted by molar-refractivity contribution is 8.18. The van der Waals surface area contributed by atoms with E-state index in [-0.39, 0.29) is 11.9 Å². The highest BCUT2D eigenvalue weighted by Gasteiger charge is 2.27. The van der Waals surface area contributed by atoms with Crippen molar-refractivity contribution in [3.8, 4) is 11.5 Å². The molecule has 0 spiro atoms. The molecule has 0 aromatic heterocycles. The van der Waals surface area contributed by atoms with Gasteiger partial charge in [0.15, 0.2) is 0 Å². The predicted octanol–water partition coefficient (Wildman–Crippen LogP) is 5.20. The van der Waals surface area contributed by atoms with Gasteiger partial charge in [0.2, 0.25) is 0 Å². The zero-order valence-corrected chi connectivity index (χ0v) is 19.0. The van der Waals surface area contributed by atoms with Gasteiger partial charge in [-0.05, 0) is 30.7 Å². The molecule has 162 valence electrons. The highest BCUT2D eigenvalue weighted by atomic mass is 32.2. The van der Waals surface area contributed by atoms with E-state index >= 15 is 0 Å². The normalized spacial score (nSPS) is 16.7. The van der Waals surface area contributed by atoms with E-state index in [0.29, 0.717) is 22.7 Å². The number of benzene rings is 2. The smallest absolute Gasteiger partial charge is 0.259 e. The van der Waals surface area contributed by atoms with Crippen LogP contribution in [0.1, 0.15) is 36.2 Å². The highest BCUT2D eigenvalue weighted by Crippen LogP contribution is 2.38. The van der Waals surface area contributed by atoms with Crippen molar-refractivity contribution in [2.24, 2.45) is 9.98 Å². The minimum Gasteiger partial charge on any atom is -0.497 e. The predicted molar refractivity (Wildman–Crippen MR) is 129 cm³/mol. The topological polar surface area (TPSA) is 72.3 Å². The van der Waals surface area contributed by atoms with Crippen molar-refractivity contribution in [3.63, 3.8) is 0 Å². The first-order valence-corrected chi connectivity index (χ1v) is 11.1. The van der Waals surface area contributed by atoms with Crippen molar-refractivity contribution in [3.05, 3.63) is 64.6 Å². The Kier molecular flexibility index (Phi) is 7.89. The summed E-state index contributed by atoms with van der Waals surface area (Å²) in [5, 5.41) is 3.92. The summed E-state index contributed by atoms with van der Waals surface area (Å²) in [5.74, 6) is 0.839. The van der Waals surface area contributed by atoms with E-state index in [2.05, 4.69) is 10.3 Å². The number of hydrogen-bond acceptors (Lipinski definition) is 6. The second kappa shape index (κ2) is 10.8. The lowest BCUT2D eigenvalue weighted by atomic mass is 10.1. The molecule has 2 aromatic carbocycles. The molecule has 31 heavy (non-hydrogen) atoms. The Balaban J connectivity index is 0.00000132. The summed E-state index contributed by atoms with van der Waals surface area (Å²) < 4.78 is 10.6. The van der Waals surface area contributed by atoms with Crippen LogP contribution in [0, 0.1) is 0 Å². The lowest BCUT2D eigenvalue weighted by Gasteiger charge is -2.13. The molecule has 0 aliphatic carbocycles. The maximum absolute atomic E-state index is 12.9. The Hall–Kier alpha value is -3.06. The zero-order valence-electron chi connectivity index (χ0n) is 18.2. The summed E-state index contributed by atoms with van der Waals surface area (Å²) in [6, 6.07) is 13.0. The minimum atomic E-state index is -0.249. The summed E-state index contributed by atoms with van der Waals surface area (Å²) >= 11 is 1.64. The molecule has 6 nitrogen and oxygen atoms in total. The van der Waals surface area contributed by atoms with Crippen molar-refractivity contribution >= 4 is 34.6 Å². The fourth-order valence-electron chi connectivity index (χ4n) is 3.24. The molecule has 2 aliphatic rings. The number of nitrogens with one attached hydrogen (secondary N) is 1. The van der Waals surface area contributed by atoms with Crippen molar-refractivity contribution < 1.29 is 14.3 Å². The first kappa shape index (κ1) is 22.6. The Bertz CT molecular complexity index is 1030. The van der Waals surface area contributed by atoms with Crippen LogP contribution in [-0.2, 0) is 0 Å². The molecule has 4 rings (SSSR count). The van der Waals surface area contributed by atoms with Crippen LogP contribution < -0.4 is 14.8 Å². The van der Waals surface area contributed by atoms with Crippen LogP contribution in [-0.4, -0.2) is 44.0 Å². The number of allylic oxidation sites excluding steroid dienone is 1. The van der Waals surface area contributed by atoms with Gasteiger partial charge in [-0.1, -0.05) is 43.8 Å². The number of amides is 1. The molecule has 0 fully saturated rings. The van der Waals surface area contributed by atoms with Crippen LogP contribution in [0.15, 0.2) is 63.4 Å². The molecule has 2 aliphatic heterocycles. The lowest BCUT2D eigenvalue weighted by Crippen LogP contribution is -2.15. The van der Waals surface area contributed by atoms with Gasteiger partial charge in [0.1, 0.15) is 16.5 Å². The Morgan fingerprint density at radius 1 is 1.13 bits per heavy atom. The Morgan fingerprint density at radius 2 is 1.94 bits per heavy atom. The van der Waals surface area contributed by atoms with Crippen molar-refractivity contribution in [1.29, 1.82) is 0 Å².